The fourth-order valence-electron chi connectivity index (χ4n) is 1.93. The summed E-state index contributed by atoms with van der Waals surface area (Å²) in [6, 6.07) is 0. The summed E-state index contributed by atoms with van der Waals surface area (Å²) in [6.07, 6.45) is 1.02. The predicted octanol–water partition coefficient (Wildman–Crippen LogP) is 1.79. The van der Waals surface area contributed by atoms with Gasteiger partial charge in [0.25, 0.3) is 0 Å². The van der Waals surface area contributed by atoms with Gasteiger partial charge in [0.1, 0.15) is 0 Å². The highest BCUT2D eigenvalue weighted by atomic mass is 79.9. The van der Waals surface area contributed by atoms with Gasteiger partial charge in [-0.05, 0) is 35.8 Å². The molecule has 0 aliphatic heterocycles. The van der Waals surface area contributed by atoms with Crippen molar-refractivity contribution >= 4 is 21.8 Å². The van der Waals surface area contributed by atoms with Crippen molar-refractivity contribution in [2.45, 2.75) is 26.8 Å². The van der Waals surface area contributed by atoms with Crippen LogP contribution in [-0.2, 0) is 18.4 Å². The standard InChI is InChI=1S/C13H23BrN4O/c1-6-7-18(9-12(19)16(3)4)8-11-13(14)10(2)15-17(11)5/h6-9H2,1-5H3. The summed E-state index contributed by atoms with van der Waals surface area (Å²) in [7, 11) is 5.51. The highest BCUT2D eigenvalue weighted by Crippen LogP contribution is 2.21. The van der Waals surface area contributed by atoms with Crippen molar-refractivity contribution in [1.82, 2.24) is 19.6 Å². The quantitative estimate of drug-likeness (QED) is 0.798. The Hall–Kier alpha value is -0.880. The number of likely N-dealkylation sites (N-methyl/N-ethyl adjacent to an activating group) is 1. The average Bonchev–Trinajstić information content (AvgIpc) is 2.56. The first-order chi connectivity index (χ1) is 8.86. The minimum atomic E-state index is 0.128. The molecule has 1 rings (SSSR count). The summed E-state index contributed by atoms with van der Waals surface area (Å²) in [4.78, 5) is 15.6. The van der Waals surface area contributed by atoms with Crippen molar-refractivity contribution in [3.05, 3.63) is 15.9 Å². The van der Waals surface area contributed by atoms with Crippen molar-refractivity contribution < 1.29 is 4.79 Å². The van der Waals surface area contributed by atoms with E-state index in [0.717, 1.165) is 35.4 Å². The molecule has 0 aromatic carbocycles. The van der Waals surface area contributed by atoms with Gasteiger partial charge in [-0.3, -0.25) is 14.4 Å². The molecule has 1 amide bonds. The lowest BCUT2D eigenvalue weighted by molar-refractivity contribution is -0.130. The Morgan fingerprint density at radius 3 is 2.47 bits per heavy atom. The Morgan fingerprint density at radius 2 is 2.05 bits per heavy atom. The Balaban J connectivity index is 2.80. The minimum Gasteiger partial charge on any atom is -0.348 e. The van der Waals surface area contributed by atoms with E-state index in [1.807, 2.05) is 18.7 Å². The van der Waals surface area contributed by atoms with Gasteiger partial charge in [-0.15, -0.1) is 0 Å². The topological polar surface area (TPSA) is 41.4 Å². The Labute approximate surface area is 123 Å². The molecular weight excluding hydrogens is 308 g/mol. The molecule has 0 aliphatic rings. The molecule has 0 spiro atoms. The molecule has 108 valence electrons. The third-order valence-corrected chi connectivity index (χ3v) is 4.06. The summed E-state index contributed by atoms with van der Waals surface area (Å²) in [5, 5.41) is 4.39. The van der Waals surface area contributed by atoms with E-state index >= 15 is 0 Å². The number of rotatable bonds is 6. The van der Waals surface area contributed by atoms with Gasteiger partial charge in [-0.25, -0.2) is 0 Å². The molecule has 0 atom stereocenters. The maximum Gasteiger partial charge on any atom is 0.236 e. The van der Waals surface area contributed by atoms with Crippen LogP contribution in [0.2, 0.25) is 0 Å². The highest BCUT2D eigenvalue weighted by Gasteiger charge is 2.17. The molecule has 0 fully saturated rings. The van der Waals surface area contributed by atoms with Crippen molar-refractivity contribution in [1.29, 1.82) is 0 Å². The summed E-state index contributed by atoms with van der Waals surface area (Å²) in [5.74, 6) is 0.128. The van der Waals surface area contributed by atoms with Gasteiger partial charge in [0.15, 0.2) is 0 Å². The monoisotopic (exact) mass is 330 g/mol. The fraction of sp³-hybridized carbons (Fsp3) is 0.692. The van der Waals surface area contributed by atoms with E-state index in [1.54, 1.807) is 19.0 Å². The van der Waals surface area contributed by atoms with E-state index in [2.05, 4.69) is 32.9 Å². The van der Waals surface area contributed by atoms with Gasteiger partial charge < -0.3 is 4.90 Å². The zero-order valence-electron chi connectivity index (χ0n) is 12.4. The third kappa shape index (κ3) is 4.31. The normalized spacial score (nSPS) is 11.1. The molecule has 1 aromatic heterocycles. The van der Waals surface area contributed by atoms with Crippen LogP contribution < -0.4 is 0 Å². The molecule has 0 saturated heterocycles. The number of aromatic nitrogens is 2. The number of carbonyl (C=O) groups excluding carboxylic acids is 1. The van der Waals surface area contributed by atoms with Crippen LogP contribution in [0.3, 0.4) is 0 Å². The van der Waals surface area contributed by atoms with Gasteiger partial charge in [-0.2, -0.15) is 5.10 Å². The average molecular weight is 331 g/mol. The molecule has 0 saturated carbocycles. The fourth-order valence-corrected chi connectivity index (χ4v) is 2.39. The Morgan fingerprint density at radius 1 is 1.42 bits per heavy atom. The van der Waals surface area contributed by atoms with Crippen LogP contribution in [0, 0.1) is 6.92 Å². The third-order valence-electron chi connectivity index (χ3n) is 3.03. The van der Waals surface area contributed by atoms with Crippen molar-refractivity contribution in [3.8, 4) is 0 Å². The van der Waals surface area contributed by atoms with Gasteiger partial charge in [0.2, 0.25) is 5.91 Å². The van der Waals surface area contributed by atoms with Gasteiger partial charge >= 0.3 is 0 Å². The molecule has 0 bridgehead atoms. The molecule has 0 radical (unpaired) electrons. The smallest absolute Gasteiger partial charge is 0.236 e. The maximum absolute atomic E-state index is 11.8. The van der Waals surface area contributed by atoms with E-state index in [4.69, 9.17) is 0 Å². The van der Waals surface area contributed by atoms with Crippen LogP contribution in [0.25, 0.3) is 0 Å². The van der Waals surface area contributed by atoms with Crippen LogP contribution >= 0.6 is 15.9 Å². The van der Waals surface area contributed by atoms with Crippen molar-refractivity contribution in [3.63, 3.8) is 0 Å². The second kappa shape index (κ2) is 7.05. The van der Waals surface area contributed by atoms with Gasteiger partial charge in [0, 0.05) is 27.7 Å². The zero-order valence-corrected chi connectivity index (χ0v) is 14.0. The van der Waals surface area contributed by atoms with E-state index in [0.29, 0.717) is 6.54 Å². The first-order valence-corrected chi connectivity index (χ1v) is 7.26. The molecule has 0 unspecified atom stereocenters. The molecule has 19 heavy (non-hydrogen) atoms. The number of amides is 1. The predicted molar refractivity (Wildman–Crippen MR) is 79.9 cm³/mol. The van der Waals surface area contributed by atoms with Crippen molar-refractivity contribution in [2.75, 3.05) is 27.2 Å². The summed E-state index contributed by atoms with van der Waals surface area (Å²) < 4.78 is 2.91. The lowest BCUT2D eigenvalue weighted by Crippen LogP contribution is -2.37. The summed E-state index contributed by atoms with van der Waals surface area (Å²) in [5.41, 5.74) is 2.09. The zero-order chi connectivity index (χ0) is 14.6. The van der Waals surface area contributed by atoms with Crippen LogP contribution in [0.5, 0.6) is 0 Å². The number of hydrogen-bond acceptors (Lipinski definition) is 3. The van der Waals surface area contributed by atoms with E-state index in [9.17, 15) is 4.79 Å². The van der Waals surface area contributed by atoms with E-state index < -0.39 is 0 Å². The van der Waals surface area contributed by atoms with Crippen LogP contribution in [0.15, 0.2) is 4.47 Å². The van der Waals surface area contributed by atoms with Gasteiger partial charge in [0.05, 0.1) is 22.4 Å². The first kappa shape index (κ1) is 16.2. The molecule has 1 heterocycles. The summed E-state index contributed by atoms with van der Waals surface area (Å²) in [6.45, 7) is 6.17. The van der Waals surface area contributed by atoms with E-state index in [1.165, 1.54) is 0 Å². The van der Waals surface area contributed by atoms with Crippen molar-refractivity contribution in [2.24, 2.45) is 7.05 Å². The van der Waals surface area contributed by atoms with Crippen LogP contribution in [0.4, 0.5) is 0 Å². The number of carbonyl (C=O) groups is 1. The Bertz CT molecular complexity index is 442. The molecular formula is C13H23BrN4O. The lowest BCUT2D eigenvalue weighted by Gasteiger charge is -2.23. The molecule has 0 N–H and O–H groups in total. The minimum absolute atomic E-state index is 0.128. The summed E-state index contributed by atoms with van der Waals surface area (Å²) >= 11 is 3.57. The number of nitrogens with zero attached hydrogens (tertiary/aromatic N) is 4. The SMILES string of the molecule is CCCN(CC(=O)N(C)C)Cc1c(Br)c(C)nn1C. The maximum atomic E-state index is 11.8. The van der Waals surface area contributed by atoms with Crippen LogP contribution in [0.1, 0.15) is 24.7 Å². The van der Waals surface area contributed by atoms with Crippen LogP contribution in [-0.4, -0.2) is 52.7 Å². The molecule has 1 aromatic rings. The second-order valence-electron chi connectivity index (χ2n) is 4.97. The first-order valence-electron chi connectivity index (χ1n) is 6.47. The molecule has 5 nitrogen and oxygen atoms in total. The number of halogens is 1. The highest BCUT2D eigenvalue weighted by molar-refractivity contribution is 9.10. The largest absolute Gasteiger partial charge is 0.348 e. The van der Waals surface area contributed by atoms with E-state index in [-0.39, 0.29) is 5.91 Å². The number of hydrogen-bond donors (Lipinski definition) is 0. The number of aryl methyl sites for hydroxylation is 2. The Kier molecular flexibility index (Phi) is 6.00. The molecule has 6 heteroatoms. The van der Waals surface area contributed by atoms with Gasteiger partial charge in [-0.1, -0.05) is 6.92 Å². The lowest BCUT2D eigenvalue weighted by atomic mass is 10.3. The second-order valence-corrected chi connectivity index (χ2v) is 5.76. The molecule has 0 aliphatic carbocycles.